The number of esters is 1. The fourth-order valence-electron chi connectivity index (χ4n) is 3.61. The second-order valence-corrected chi connectivity index (χ2v) is 5.83. The number of likely N-dealkylation sites (N-methyl/N-ethyl adjacent to an activating group) is 1. The van der Waals surface area contributed by atoms with Crippen LogP contribution in [-0.2, 0) is 14.3 Å². The van der Waals surface area contributed by atoms with Gasteiger partial charge in [0.25, 0.3) is 0 Å². The number of carbonyl (C=O) groups is 1. The highest BCUT2D eigenvalue weighted by molar-refractivity contribution is 5.81. The Morgan fingerprint density at radius 1 is 1.42 bits per heavy atom. The number of likely N-dealkylation sites (tertiary alicyclic amines) is 1. The topological polar surface area (TPSA) is 50.8 Å². The lowest BCUT2D eigenvalue weighted by Crippen LogP contribution is -2.50. The smallest absolute Gasteiger partial charge is 0.326 e. The molecule has 2 fully saturated rings. The molecule has 1 heterocycles. The molecule has 0 spiro atoms. The highest BCUT2D eigenvalue weighted by Gasteiger charge is 2.47. The molecule has 1 N–H and O–H groups in total. The predicted octanol–water partition coefficient (Wildman–Crippen LogP) is 0.638. The number of carbonyl (C=O) groups excluding carboxylic acids is 1. The van der Waals surface area contributed by atoms with E-state index in [1.807, 2.05) is 7.05 Å². The summed E-state index contributed by atoms with van der Waals surface area (Å²) < 4.78 is 10.2. The standard InChI is InChI=1S/C14H26N2O3/c1-15-14(13(17)19-3)6-4-12(8-14)16-7-5-11(9-16)10-18-2/h11-12,15H,4-10H2,1-3H3. The van der Waals surface area contributed by atoms with Gasteiger partial charge in [0.1, 0.15) is 5.54 Å². The van der Waals surface area contributed by atoms with Crippen LogP contribution in [0.3, 0.4) is 0 Å². The molecule has 2 rings (SSSR count). The van der Waals surface area contributed by atoms with E-state index in [1.165, 1.54) is 13.5 Å². The van der Waals surface area contributed by atoms with Crippen LogP contribution in [0.25, 0.3) is 0 Å². The quantitative estimate of drug-likeness (QED) is 0.743. The van der Waals surface area contributed by atoms with Gasteiger partial charge in [0.05, 0.1) is 13.7 Å². The highest BCUT2D eigenvalue weighted by Crippen LogP contribution is 2.36. The zero-order valence-corrected chi connectivity index (χ0v) is 12.3. The molecule has 1 saturated heterocycles. The lowest BCUT2D eigenvalue weighted by atomic mass is 9.97. The second kappa shape index (κ2) is 6.20. The number of hydrogen-bond acceptors (Lipinski definition) is 5. The molecule has 5 nitrogen and oxygen atoms in total. The number of rotatable bonds is 5. The molecule has 5 heteroatoms. The van der Waals surface area contributed by atoms with Crippen LogP contribution in [0.2, 0.25) is 0 Å². The minimum atomic E-state index is -0.473. The van der Waals surface area contributed by atoms with Crippen LogP contribution in [0.5, 0.6) is 0 Å². The van der Waals surface area contributed by atoms with Crippen molar-refractivity contribution in [3.8, 4) is 0 Å². The molecular weight excluding hydrogens is 244 g/mol. The SMILES string of the molecule is CNC1(C(=O)OC)CCC(N2CCC(COC)C2)C1. The van der Waals surface area contributed by atoms with Crippen LogP contribution in [0.1, 0.15) is 25.7 Å². The summed E-state index contributed by atoms with van der Waals surface area (Å²) in [6.07, 6.45) is 3.99. The number of hydrogen-bond donors (Lipinski definition) is 1. The maximum Gasteiger partial charge on any atom is 0.326 e. The van der Waals surface area contributed by atoms with Gasteiger partial charge in [0.15, 0.2) is 0 Å². The van der Waals surface area contributed by atoms with Gasteiger partial charge in [0, 0.05) is 19.7 Å². The van der Waals surface area contributed by atoms with E-state index in [-0.39, 0.29) is 5.97 Å². The van der Waals surface area contributed by atoms with Crippen molar-refractivity contribution in [2.45, 2.75) is 37.3 Å². The Balaban J connectivity index is 1.93. The molecule has 0 amide bonds. The van der Waals surface area contributed by atoms with Gasteiger partial charge in [-0.05, 0) is 45.2 Å². The Kier molecular flexibility index (Phi) is 4.81. The summed E-state index contributed by atoms with van der Waals surface area (Å²) >= 11 is 0. The molecule has 0 bridgehead atoms. The average molecular weight is 270 g/mol. The fourth-order valence-corrected chi connectivity index (χ4v) is 3.61. The van der Waals surface area contributed by atoms with Gasteiger partial charge in [-0.2, -0.15) is 0 Å². The fraction of sp³-hybridized carbons (Fsp3) is 0.929. The van der Waals surface area contributed by atoms with Crippen molar-refractivity contribution in [3.63, 3.8) is 0 Å². The lowest BCUT2D eigenvalue weighted by molar-refractivity contribution is -0.148. The van der Waals surface area contributed by atoms with Crippen molar-refractivity contribution in [3.05, 3.63) is 0 Å². The van der Waals surface area contributed by atoms with Crippen LogP contribution in [0.4, 0.5) is 0 Å². The highest BCUT2D eigenvalue weighted by atomic mass is 16.5. The first kappa shape index (κ1) is 14.8. The third kappa shape index (κ3) is 2.93. The number of nitrogens with one attached hydrogen (secondary N) is 1. The van der Waals surface area contributed by atoms with Gasteiger partial charge < -0.3 is 14.8 Å². The van der Waals surface area contributed by atoms with Gasteiger partial charge in [-0.3, -0.25) is 9.69 Å². The summed E-state index contributed by atoms with van der Waals surface area (Å²) in [5, 5.41) is 3.19. The van der Waals surface area contributed by atoms with Crippen molar-refractivity contribution >= 4 is 5.97 Å². The van der Waals surface area contributed by atoms with Crippen molar-refractivity contribution in [2.75, 3.05) is 41.0 Å². The van der Waals surface area contributed by atoms with Crippen LogP contribution < -0.4 is 5.32 Å². The molecule has 0 aromatic carbocycles. The van der Waals surface area contributed by atoms with E-state index in [0.29, 0.717) is 12.0 Å². The van der Waals surface area contributed by atoms with E-state index >= 15 is 0 Å². The van der Waals surface area contributed by atoms with E-state index < -0.39 is 5.54 Å². The number of ether oxygens (including phenoxy) is 2. The Morgan fingerprint density at radius 3 is 2.84 bits per heavy atom. The molecule has 0 radical (unpaired) electrons. The summed E-state index contributed by atoms with van der Waals surface area (Å²) in [7, 11) is 5.09. The van der Waals surface area contributed by atoms with Gasteiger partial charge in [-0.15, -0.1) is 0 Å². The Hall–Kier alpha value is -0.650. The van der Waals surface area contributed by atoms with Crippen LogP contribution in [0, 0.1) is 5.92 Å². The Morgan fingerprint density at radius 2 is 2.21 bits per heavy atom. The van der Waals surface area contributed by atoms with E-state index in [9.17, 15) is 4.79 Å². The molecule has 1 aliphatic carbocycles. The predicted molar refractivity (Wildman–Crippen MR) is 73.0 cm³/mol. The zero-order chi connectivity index (χ0) is 13.9. The number of nitrogens with zero attached hydrogens (tertiary/aromatic N) is 1. The largest absolute Gasteiger partial charge is 0.468 e. The maximum atomic E-state index is 12.0. The average Bonchev–Trinajstić information content (AvgIpc) is 3.05. The minimum Gasteiger partial charge on any atom is -0.468 e. The monoisotopic (exact) mass is 270 g/mol. The van der Waals surface area contributed by atoms with Gasteiger partial charge in [-0.25, -0.2) is 0 Å². The molecule has 2 aliphatic rings. The summed E-state index contributed by atoms with van der Waals surface area (Å²) in [4.78, 5) is 14.5. The first-order valence-electron chi connectivity index (χ1n) is 7.15. The summed E-state index contributed by atoms with van der Waals surface area (Å²) in [5.41, 5.74) is -0.473. The normalized spacial score (nSPS) is 35.7. The van der Waals surface area contributed by atoms with Gasteiger partial charge in [0.2, 0.25) is 0 Å². The van der Waals surface area contributed by atoms with Crippen molar-refractivity contribution in [1.82, 2.24) is 10.2 Å². The van der Waals surface area contributed by atoms with Crippen molar-refractivity contribution in [2.24, 2.45) is 5.92 Å². The third-order valence-corrected chi connectivity index (χ3v) is 4.78. The van der Waals surface area contributed by atoms with Crippen LogP contribution in [-0.4, -0.2) is 63.4 Å². The van der Waals surface area contributed by atoms with Gasteiger partial charge >= 0.3 is 5.97 Å². The Bertz CT molecular complexity index is 324. The van der Waals surface area contributed by atoms with Crippen molar-refractivity contribution < 1.29 is 14.3 Å². The lowest BCUT2D eigenvalue weighted by Gasteiger charge is -2.28. The van der Waals surface area contributed by atoms with Crippen LogP contribution >= 0.6 is 0 Å². The van der Waals surface area contributed by atoms with E-state index in [0.717, 1.165) is 39.0 Å². The first-order valence-corrected chi connectivity index (χ1v) is 7.15. The molecule has 0 aromatic heterocycles. The molecule has 19 heavy (non-hydrogen) atoms. The molecular formula is C14H26N2O3. The van der Waals surface area contributed by atoms with E-state index in [1.54, 1.807) is 7.11 Å². The van der Waals surface area contributed by atoms with E-state index in [2.05, 4.69) is 10.2 Å². The molecule has 3 unspecified atom stereocenters. The third-order valence-electron chi connectivity index (χ3n) is 4.78. The summed E-state index contributed by atoms with van der Waals surface area (Å²) in [6.45, 7) is 3.07. The molecule has 1 saturated carbocycles. The van der Waals surface area contributed by atoms with Crippen molar-refractivity contribution in [1.29, 1.82) is 0 Å². The zero-order valence-electron chi connectivity index (χ0n) is 12.3. The summed E-state index contributed by atoms with van der Waals surface area (Å²) in [5.74, 6) is 0.526. The van der Waals surface area contributed by atoms with Crippen LogP contribution in [0.15, 0.2) is 0 Å². The number of methoxy groups -OCH3 is 2. The minimum absolute atomic E-state index is 0.120. The maximum absolute atomic E-state index is 12.0. The first-order chi connectivity index (χ1) is 9.15. The van der Waals surface area contributed by atoms with Gasteiger partial charge in [-0.1, -0.05) is 0 Å². The molecule has 0 aromatic rings. The second-order valence-electron chi connectivity index (χ2n) is 5.83. The molecule has 1 aliphatic heterocycles. The Labute approximate surface area is 115 Å². The summed E-state index contributed by atoms with van der Waals surface area (Å²) in [6, 6.07) is 0.494. The van der Waals surface area contributed by atoms with E-state index in [4.69, 9.17) is 9.47 Å². The molecule has 3 atom stereocenters. The molecule has 110 valence electrons.